The Morgan fingerprint density at radius 1 is 1.22 bits per heavy atom. The number of fused-ring (bicyclic) bond motifs is 1. The Morgan fingerprint density at radius 2 is 2.00 bits per heavy atom. The van der Waals surface area contributed by atoms with Crippen molar-refractivity contribution in [3.05, 3.63) is 76.0 Å². The number of carbonyl (C=O) groups excluding carboxylic acids is 2. The molecule has 7 nitrogen and oxygen atoms in total. The smallest absolute Gasteiger partial charge is 0.269 e. The van der Waals surface area contributed by atoms with E-state index in [0.29, 0.717) is 42.6 Å². The molecule has 194 valence electrons. The van der Waals surface area contributed by atoms with Gasteiger partial charge < -0.3 is 15.0 Å². The van der Waals surface area contributed by atoms with Crippen LogP contribution in [0.2, 0.25) is 10.0 Å². The molecule has 3 aromatic rings. The Balaban J connectivity index is 1.32. The molecule has 0 radical (unpaired) electrons. The highest BCUT2D eigenvalue weighted by molar-refractivity contribution is 6.31. The molecule has 1 aliphatic carbocycles. The Morgan fingerprint density at radius 3 is 2.78 bits per heavy atom. The van der Waals surface area contributed by atoms with E-state index in [1.165, 1.54) is 29.2 Å². The van der Waals surface area contributed by atoms with Gasteiger partial charge in [-0.2, -0.15) is 0 Å². The molecule has 2 fully saturated rings. The van der Waals surface area contributed by atoms with Crippen molar-refractivity contribution in [3.63, 3.8) is 0 Å². The van der Waals surface area contributed by atoms with E-state index in [0.717, 1.165) is 19.3 Å². The molecule has 2 atom stereocenters. The third-order valence-electron chi connectivity index (χ3n) is 7.44. The van der Waals surface area contributed by atoms with Crippen molar-refractivity contribution in [1.29, 1.82) is 0 Å². The van der Waals surface area contributed by atoms with Crippen LogP contribution >= 0.6 is 23.2 Å². The summed E-state index contributed by atoms with van der Waals surface area (Å²) < 4.78 is 21.6. The number of likely N-dealkylation sites (tertiary alicyclic amines) is 1. The molecule has 0 unspecified atom stereocenters. The molecule has 2 amide bonds. The van der Waals surface area contributed by atoms with Crippen LogP contribution in [0.3, 0.4) is 0 Å². The normalized spacial score (nSPS) is 20.6. The lowest BCUT2D eigenvalue weighted by atomic mass is 9.80. The number of carbonyl (C=O) groups is 2. The van der Waals surface area contributed by atoms with E-state index in [2.05, 4.69) is 10.3 Å². The molecule has 37 heavy (non-hydrogen) atoms. The van der Waals surface area contributed by atoms with Gasteiger partial charge in [-0.1, -0.05) is 29.6 Å². The highest BCUT2D eigenvalue weighted by atomic mass is 35.5. The SMILES string of the molecule is CCOc1ccc(Cl)cc1C(=O)N1C[C@@H]2CCC[C@]2(CNC(=O)c2cncn2-c2ccc(Cl)cc2F)C1. The summed E-state index contributed by atoms with van der Waals surface area (Å²) in [4.78, 5) is 32.6. The summed E-state index contributed by atoms with van der Waals surface area (Å²) in [5.74, 6) is -0.247. The van der Waals surface area contributed by atoms with Gasteiger partial charge in [-0.15, -0.1) is 0 Å². The van der Waals surface area contributed by atoms with Crippen LogP contribution in [-0.4, -0.2) is 52.5 Å². The number of hydrogen-bond acceptors (Lipinski definition) is 4. The van der Waals surface area contributed by atoms with Gasteiger partial charge in [-0.25, -0.2) is 9.37 Å². The van der Waals surface area contributed by atoms with Gasteiger partial charge in [0.15, 0.2) is 0 Å². The van der Waals surface area contributed by atoms with Gasteiger partial charge in [-0.3, -0.25) is 14.2 Å². The standard InChI is InChI=1S/C27H27Cl2FN4O3/c1-2-37-24-8-6-18(28)10-20(24)26(36)33-13-17-4-3-9-27(17,15-33)14-32-25(35)23-12-31-16-34(23)22-7-5-19(29)11-21(22)30/h5-8,10-12,16-17H,2-4,9,13-15H2,1H3,(H,32,35)/t17-,27-/m0/s1. The van der Waals surface area contributed by atoms with Crippen LogP contribution in [0.4, 0.5) is 4.39 Å². The van der Waals surface area contributed by atoms with Crippen LogP contribution in [0.15, 0.2) is 48.9 Å². The fourth-order valence-electron chi connectivity index (χ4n) is 5.66. The molecular formula is C27H27Cl2FN4O3. The van der Waals surface area contributed by atoms with E-state index in [4.69, 9.17) is 27.9 Å². The largest absolute Gasteiger partial charge is 0.493 e. The lowest BCUT2D eigenvalue weighted by Gasteiger charge is -2.29. The van der Waals surface area contributed by atoms with Crippen molar-refractivity contribution in [2.75, 3.05) is 26.2 Å². The zero-order chi connectivity index (χ0) is 26.2. The average Bonchev–Trinajstić information content (AvgIpc) is 3.58. The fraction of sp³-hybridized carbons (Fsp3) is 0.370. The summed E-state index contributed by atoms with van der Waals surface area (Å²) in [7, 11) is 0. The van der Waals surface area contributed by atoms with E-state index in [-0.39, 0.29) is 39.6 Å². The molecule has 1 N–H and O–H groups in total. The molecule has 5 rings (SSSR count). The van der Waals surface area contributed by atoms with Crippen molar-refractivity contribution in [2.45, 2.75) is 26.2 Å². The van der Waals surface area contributed by atoms with Crippen LogP contribution in [-0.2, 0) is 0 Å². The van der Waals surface area contributed by atoms with Gasteiger partial charge in [0.1, 0.15) is 17.3 Å². The first-order valence-electron chi connectivity index (χ1n) is 12.3. The summed E-state index contributed by atoms with van der Waals surface area (Å²) in [6.07, 6.45) is 5.74. The zero-order valence-corrected chi connectivity index (χ0v) is 21.9. The molecule has 2 heterocycles. The molecule has 1 saturated heterocycles. The number of imidazole rings is 1. The molecule has 0 bridgehead atoms. The minimum Gasteiger partial charge on any atom is -0.493 e. The van der Waals surface area contributed by atoms with E-state index in [9.17, 15) is 14.0 Å². The van der Waals surface area contributed by atoms with Gasteiger partial charge in [0.25, 0.3) is 11.8 Å². The summed E-state index contributed by atoms with van der Waals surface area (Å²) in [5, 5.41) is 3.78. The number of ether oxygens (including phenoxy) is 1. The van der Waals surface area contributed by atoms with Gasteiger partial charge in [0, 0.05) is 35.1 Å². The van der Waals surface area contributed by atoms with Crippen LogP contribution in [0.25, 0.3) is 5.69 Å². The number of aromatic nitrogens is 2. The number of benzene rings is 2. The summed E-state index contributed by atoms with van der Waals surface area (Å²) in [5.41, 5.74) is 0.625. The molecule has 2 aliphatic rings. The number of nitrogens with zero attached hydrogens (tertiary/aromatic N) is 3. The van der Waals surface area contributed by atoms with Crippen LogP contribution in [0.5, 0.6) is 5.75 Å². The second-order valence-corrected chi connectivity index (χ2v) is 10.5. The summed E-state index contributed by atoms with van der Waals surface area (Å²) >= 11 is 12.1. The predicted molar refractivity (Wildman–Crippen MR) is 139 cm³/mol. The third kappa shape index (κ3) is 4.92. The first-order valence-corrected chi connectivity index (χ1v) is 13.0. The highest BCUT2D eigenvalue weighted by Crippen LogP contribution is 2.49. The van der Waals surface area contributed by atoms with Gasteiger partial charge in [0.2, 0.25) is 0 Å². The molecular weight excluding hydrogens is 518 g/mol. The fourth-order valence-corrected chi connectivity index (χ4v) is 5.99. The number of rotatable bonds is 7. The molecule has 10 heteroatoms. The molecule has 1 aliphatic heterocycles. The Kier molecular flexibility index (Phi) is 7.14. The van der Waals surface area contributed by atoms with E-state index in [1.54, 1.807) is 24.3 Å². The molecule has 0 spiro atoms. The number of halogens is 3. The molecule has 1 aromatic heterocycles. The number of nitrogens with one attached hydrogen (secondary N) is 1. The lowest BCUT2D eigenvalue weighted by molar-refractivity contribution is 0.0763. The molecule has 1 saturated carbocycles. The second-order valence-electron chi connectivity index (χ2n) is 9.64. The van der Waals surface area contributed by atoms with Crippen molar-refractivity contribution >= 4 is 35.0 Å². The third-order valence-corrected chi connectivity index (χ3v) is 7.91. The number of amides is 2. The monoisotopic (exact) mass is 544 g/mol. The minimum absolute atomic E-state index is 0.123. The number of hydrogen-bond donors (Lipinski definition) is 1. The van der Waals surface area contributed by atoms with E-state index < -0.39 is 5.82 Å². The van der Waals surface area contributed by atoms with E-state index in [1.807, 2.05) is 11.8 Å². The maximum absolute atomic E-state index is 14.5. The van der Waals surface area contributed by atoms with Gasteiger partial charge >= 0.3 is 0 Å². The minimum atomic E-state index is -0.550. The molecule has 2 aromatic carbocycles. The summed E-state index contributed by atoms with van der Waals surface area (Å²) in [6.45, 7) is 3.86. The van der Waals surface area contributed by atoms with Gasteiger partial charge in [0.05, 0.1) is 30.4 Å². The Labute approximate surface area is 224 Å². The highest BCUT2D eigenvalue weighted by Gasteiger charge is 2.51. The summed E-state index contributed by atoms with van der Waals surface area (Å²) in [6, 6.07) is 9.34. The quantitative estimate of drug-likeness (QED) is 0.432. The van der Waals surface area contributed by atoms with Crippen LogP contribution < -0.4 is 10.1 Å². The van der Waals surface area contributed by atoms with Crippen molar-refractivity contribution < 1.29 is 18.7 Å². The average molecular weight is 545 g/mol. The maximum atomic E-state index is 14.5. The van der Waals surface area contributed by atoms with Crippen molar-refractivity contribution in [2.24, 2.45) is 11.3 Å². The Hall–Kier alpha value is -3.10. The Bertz CT molecular complexity index is 1350. The van der Waals surface area contributed by atoms with Crippen molar-refractivity contribution in [1.82, 2.24) is 19.8 Å². The predicted octanol–water partition coefficient (Wildman–Crippen LogP) is 5.39. The second kappa shape index (κ2) is 10.3. The van der Waals surface area contributed by atoms with Crippen LogP contribution in [0, 0.1) is 17.2 Å². The lowest BCUT2D eigenvalue weighted by Crippen LogP contribution is -2.41. The van der Waals surface area contributed by atoms with Gasteiger partial charge in [-0.05, 0) is 62.1 Å². The van der Waals surface area contributed by atoms with Crippen molar-refractivity contribution in [3.8, 4) is 11.4 Å². The first-order chi connectivity index (χ1) is 17.8. The first kappa shape index (κ1) is 25.5. The van der Waals surface area contributed by atoms with Crippen LogP contribution in [0.1, 0.15) is 47.0 Å². The topological polar surface area (TPSA) is 76.5 Å². The maximum Gasteiger partial charge on any atom is 0.269 e. The van der Waals surface area contributed by atoms with E-state index >= 15 is 0 Å². The zero-order valence-electron chi connectivity index (χ0n) is 20.3.